The van der Waals surface area contributed by atoms with Crippen LogP contribution in [0.25, 0.3) is 0 Å². The van der Waals surface area contributed by atoms with Crippen LogP contribution in [0.4, 0.5) is 5.69 Å². The Morgan fingerprint density at radius 1 is 1.24 bits per heavy atom. The average Bonchev–Trinajstić information content (AvgIpc) is 2.50. The molecule has 21 heavy (non-hydrogen) atoms. The lowest BCUT2D eigenvalue weighted by Gasteiger charge is -2.09. The van der Waals surface area contributed by atoms with E-state index < -0.39 is 16.6 Å². The van der Waals surface area contributed by atoms with Crippen molar-refractivity contribution >= 4 is 11.5 Å². The Balaban J connectivity index is 2.37. The fourth-order valence-corrected chi connectivity index (χ4v) is 1.98. The van der Waals surface area contributed by atoms with E-state index >= 15 is 0 Å². The number of carbonyl (C=O) groups is 1. The number of nitrogens with zero attached hydrogens (tertiary/aromatic N) is 2. The zero-order valence-electron chi connectivity index (χ0n) is 11.3. The molecule has 0 heterocycles. The quantitative estimate of drug-likeness (QED) is 0.488. The second kappa shape index (κ2) is 5.97. The van der Waals surface area contributed by atoms with Crippen LogP contribution in [0.3, 0.4) is 0 Å². The number of carbonyl (C=O) groups excluding carboxylic acids is 1. The van der Waals surface area contributed by atoms with Crippen molar-refractivity contribution in [2.24, 2.45) is 0 Å². The predicted octanol–water partition coefficient (Wildman–Crippen LogP) is 3.39. The van der Waals surface area contributed by atoms with Crippen molar-refractivity contribution in [2.75, 3.05) is 0 Å². The molecular weight excluding hydrogens is 268 g/mol. The minimum absolute atomic E-state index is 0.163. The molecule has 0 saturated heterocycles. The highest BCUT2D eigenvalue weighted by Gasteiger charge is 2.23. The van der Waals surface area contributed by atoms with E-state index in [-0.39, 0.29) is 11.3 Å². The number of benzene rings is 2. The Kier molecular flexibility index (Phi) is 4.10. The molecule has 0 radical (unpaired) electrons. The van der Waals surface area contributed by atoms with Crippen molar-refractivity contribution in [3.8, 4) is 6.07 Å². The molecule has 0 fully saturated rings. The molecule has 0 aromatic heterocycles. The lowest BCUT2D eigenvalue weighted by Crippen LogP contribution is -2.11. The van der Waals surface area contributed by atoms with E-state index in [1.165, 1.54) is 24.3 Å². The van der Waals surface area contributed by atoms with Crippen molar-refractivity contribution in [1.82, 2.24) is 0 Å². The summed E-state index contributed by atoms with van der Waals surface area (Å²) in [7, 11) is 0. The highest BCUT2D eigenvalue weighted by Crippen LogP contribution is 2.23. The molecule has 0 spiro atoms. The summed E-state index contributed by atoms with van der Waals surface area (Å²) in [6, 6.07) is 14.5. The van der Waals surface area contributed by atoms with Crippen LogP contribution in [-0.4, -0.2) is 10.7 Å². The number of hydrogen-bond donors (Lipinski definition) is 0. The highest BCUT2D eigenvalue weighted by atomic mass is 16.6. The third-order valence-corrected chi connectivity index (χ3v) is 3.14. The Hall–Kier alpha value is -3.00. The maximum atomic E-state index is 12.4. The Morgan fingerprint density at radius 2 is 1.90 bits per heavy atom. The summed E-state index contributed by atoms with van der Waals surface area (Å²) in [6.45, 7) is 1.91. The van der Waals surface area contributed by atoms with E-state index in [9.17, 15) is 20.2 Å². The largest absolute Gasteiger partial charge is 0.292 e. The first kappa shape index (κ1) is 14.4. The first-order valence-electron chi connectivity index (χ1n) is 6.28. The van der Waals surface area contributed by atoms with Crippen molar-refractivity contribution in [3.63, 3.8) is 0 Å². The van der Waals surface area contributed by atoms with Gasteiger partial charge in [-0.1, -0.05) is 42.0 Å². The molecule has 1 atom stereocenters. The molecule has 0 amide bonds. The SMILES string of the molecule is Cc1ccc(C(C#N)C(=O)c2cccc([N+](=O)[O-])c2)cc1. The van der Waals surface area contributed by atoms with Crippen molar-refractivity contribution in [1.29, 1.82) is 5.26 Å². The molecule has 2 aromatic carbocycles. The zero-order valence-corrected chi connectivity index (χ0v) is 11.3. The van der Waals surface area contributed by atoms with Gasteiger partial charge in [-0.2, -0.15) is 5.26 Å². The van der Waals surface area contributed by atoms with Crippen LogP contribution in [0.5, 0.6) is 0 Å². The molecule has 104 valence electrons. The molecule has 2 rings (SSSR count). The molecule has 1 unspecified atom stereocenters. The van der Waals surface area contributed by atoms with Crippen LogP contribution in [-0.2, 0) is 0 Å². The smallest absolute Gasteiger partial charge is 0.270 e. The number of rotatable bonds is 4. The van der Waals surface area contributed by atoms with E-state index in [4.69, 9.17) is 0 Å². The van der Waals surface area contributed by atoms with Gasteiger partial charge in [0.15, 0.2) is 5.78 Å². The summed E-state index contributed by atoms with van der Waals surface area (Å²) in [5, 5.41) is 20.0. The predicted molar refractivity (Wildman–Crippen MR) is 77.0 cm³/mol. The van der Waals surface area contributed by atoms with Gasteiger partial charge in [-0.05, 0) is 12.5 Å². The molecule has 0 saturated carbocycles. The van der Waals surface area contributed by atoms with Gasteiger partial charge in [0.1, 0.15) is 5.92 Å². The number of hydrogen-bond acceptors (Lipinski definition) is 4. The number of Topliss-reactive ketones (excluding diaryl/α,β-unsaturated/α-hetero) is 1. The summed E-state index contributed by atoms with van der Waals surface area (Å²) in [6.07, 6.45) is 0. The molecule has 5 heteroatoms. The number of nitro benzene ring substituents is 1. The fraction of sp³-hybridized carbons (Fsp3) is 0.125. The minimum atomic E-state index is -0.965. The first-order chi connectivity index (χ1) is 10.0. The van der Waals surface area contributed by atoms with Crippen molar-refractivity contribution in [3.05, 3.63) is 75.3 Å². The maximum Gasteiger partial charge on any atom is 0.270 e. The Morgan fingerprint density at radius 3 is 2.48 bits per heavy atom. The Labute approximate surface area is 121 Å². The van der Waals surface area contributed by atoms with Gasteiger partial charge >= 0.3 is 0 Å². The molecule has 2 aromatic rings. The van der Waals surface area contributed by atoms with E-state index in [0.717, 1.165) is 5.56 Å². The molecule has 5 nitrogen and oxygen atoms in total. The Bertz CT molecular complexity index is 730. The van der Waals surface area contributed by atoms with Crippen LogP contribution in [0, 0.1) is 28.4 Å². The van der Waals surface area contributed by atoms with Gasteiger partial charge in [-0.15, -0.1) is 0 Å². The molecule has 0 bridgehead atoms. The average molecular weight is 280 g/mol. The zero-order chi connectivity index (χ0) is 15.4. The van der Waals surface area contributed by atoms with Crippen LogP contribution in [0.15, 0.2) is 48.5 Å². The van der Waals surface area contributed by atoms with Crippen molar-refractivity contribution in [2.45, 2.75) is 12.8 Å². The summed E-state index contributed by atoms with van der Waals surface area (Å²) in [5.74, 6) is -1.40. The minimum Gasteiger partial charge on any atom is -0.292 e. The first-order valence-corrected chi connectivity index (χ1v) is 6.28. The molecule has 0 aliphatic heterocycles. The summed E-state index contributed by atoms with van der Waals surface area (Å²) >= 11 is 0. The number of nitriles is 1. The van der Waals surface area contributed by atoms with Gasteiger partial charge < -0.3 is 0 Å². The monoisotopic (exact) mass is 280 g/mol. The second-order valence-corrected chi connectivity index (χ2v) is 4.64. The fourth-order valence-electron chi connectivity index (χ4n) is 1.98. The number of non-ortho nitro benzene ring substituents is 1. The van der Waals surface area contributed by atoms with Crippen LogP contribution >= 0.6 is 0 Å². The van der Waals surface area contributed by atoms with Gasteiger partial charge in [0.25, 0.3) is 5.69 Å². The molecule has 0 aliphatic carbocycles. The summed E-state index contributed by atoms with van der Waals surface area (Å²) < 4.78 is 0. The number of ketones is 1. The van der Waals surface area contributed by atoms with Gasteiger partial charge in [-0.3, -0.25) is 14.9 Å². The van der Waals surface area contributed by atoms with Crippen molar-refractivity contribution < 1.29 is 9.72 Å². The van der Waals surface area contributed by atoms with Crippen LogP contribution < -0.4 is 0 Å². The molecule has 0 aliphatic rings. The van der Waals surface area contributed by atoms with Gasteiger partial charge in [0.05, 0.1) is 11.0 Å². The lowest BCUT2D eigenvalue weighted by molar-refractivity contribution is -0.384. The number of aryl methyl sites for hydroxylation is 1. The van der Waals surface area contributed by atoms with E-state index in [2.05, 4.69) is 0 Å². The lowest BCUT2D eigenvalue weighted by atomic mass is 9.91. The standard InChI is InChI=1S/C16H12N2O3/c1-11-5-7-12(8-6-11)15(10-17)16(19)13-3-2-4-14(9-13)18(20)21/h2-9,15H,1H3. The topological polar surface area (TPSA) is 84.0 Å². The highest BCUT2D eigenvalue weighted by molar-refractivity contribution is 6.03. The number of nitro groups is 1. The van der Waals surface area contributed by atoms with Gasteiger partial charge in [-0.25, -0.2) is 0 Å². The molecular formula is C16H12N2O3. The van der Waals surface area contributed by atoms with Crippen LogP contribution in [0.2, 0.25) is 0 Å². The third kappa shape index (κ3) is 3.12. The summed E-state index contributed by atoms with van der Waals surface area (Å²) in [4.78, 5) is 22.6. The van der Waals surface area contributed by atoms with E-state index in [0.29, 0.717) is 5.56 Å². The summed E-state index contributed by atoms with van der Waals surface area (Å²) in [5.41, 5.74) is 1.61. The van der Waals surface area contributed by atoms with E-state index in [1.807, 2.05) is 25.1 Å². The third-order valence-electron chi connectivity index (χ3n) is 3.14. The van der Waals surface area contributed by atoms with Crippen LogP contribution in [0.1, 0.15) is 27.4 Å². The maximum absolute atomic E-state index is 12.4. The second-order valence-electron chi connectivity index (χ2n) is 4.64. The normalized spacial score (nSPS) is 11.4. The van der Waals surface area contributed by atoms with E-state index in [1.54, 1.807) is 12.1 Å². The van der Waals surface area contributed by atoms with Gasteiger partial charge in [0, 0.05) is 17.7 Å². The van der Waals surface area contributed by atoms with Gasteiger partial charge in [0.2, 0.25) is 0 Å². The molecule has 0 N–H and O–H groups in total.